The Kier molecular flexibility index (Phi) is 4.35. The molecule has 0 aliphatic carbocycles. The number of hydrogen-bond donors (Lipinski definition) is 1. The lowest BCUT2D eigenvalue weighted by Crippen LogP contribution is -2.28. The van der Waals surface area contributed by atoms with E-state index in [9.17, 15) is 10.1 Å². The Morgan fingerprint density at radius 3 is 2.67 bits per heavy atom. The summed E-state index contributed by atoms with van der Waals surface area (Å²) < 4.78 is 1.80. The number of non-ortho nitro benzene ring substituents is 1. The summed E-state index contributed by atoms with van der Waals surface area (Å²) in [5.41, 5.74) is 3.42. The number of fused-ring (bicyclic) bond motifs is 1. The second-order valence-electron chi connectivity index (χ2n) is 7.15. The monoisotopic (exact) mass is 363 g/mol. The smallest absolute Gasteiger partial charge is 0.269 e. The van der Waals surface area contributed by atoms with E-state index in [4.69, 9.17) is 0 Å². The fourth-order valence-electron chi connectivity index (χ4n) is 3.57. The molecule has 0 saturated carbocycles. The Morgan fingerprint density at radius 2 is 1.96 bits per heavy atom. The molecule has 2 heterocycles. The SMILES string of the molecule is CC(C)c1ccc(C2CC(c3cccc([N+](=O)[O-])c3)n3ncnc3N2)cc1. The van der Waals surface area contributed by atoms with Crippen LogP contribution in [0.4, 0.5) is 11.6 Å². The van der Waals surface area contributed by atoms with Crippen LogP contribution < -0.4 is 5.32 Å². The van der Waals surface area contributed by atoms with Gasteiger partial charge in [-0.25, -0.2) is 4.68 Å². The fourth-order valence-corrected chi connectivity index (χ4v) is 3.57. The second-order valence-corrected chi connectivity index (χ2v) is 7.15. The van der Waals surface area contributed by atoms with Gasteiger partial charge < -0.3 is 5.32 Å². The molecule has 1 aliphatic heterocycles. The van der Waals surface area contributed by atoms with E-state index in [0.717, 1.165) is 12.0 Å². The summed E-state index contributed by atoms with van der Waals surface area (Å²) >= 11 is 0. The van der Waals surface area contributed by atoms with Crippen LogP contribution in [-0.4, -0.2) is 19.7 Å². The van der Waals surface area contributed by atoms with Crippen LogP contribution in [0.5, 0.6) is 0 Å². The molecule has 0 fully saturated rings. The van der Waals surface area contributed by atoms with Gasteiger partial charge in [-0.1, -0.05) is 50.2 Å². The Balaban J connectivity index is 1.69. The Hall–Kier alpha value is -3.22. The lowest BCUT2D eigenvalue weighted by atomic mass is 9.92. The molecule has 0 amide bonds. The van der Waals surface area contributed by atoms with Crippen LogP contribution in [0.3, 0.4) is 0 Å². The highest BCUT2D eigenvalue weighted by atomic mass is 16.6. The van der Waals surface area contributed by atoms with Crippen molar-refractivity contribution in [3.8, 4) is 0 Å². The Labute approximate surface area is 157 Å². The van der Waals surface area contributed by atoms with Crippen molar-refractivity contribution in [2.45, 2.75) is 38.3 Å². The van der Waals surface area contributed by atoms with E-state index in [2.05, 4.69) is 53.5 Å². The first-order valence-electron chi connectivity index (χ1n) is 9.03. The number of nitrogens with zero attached hydrogens (tertiary/aromatic N) is 4. The van der Waals surface area contributed by atoms with Crippen LogP contribution in [-0.2, 0) is 0 Å². The predicted molar refractivity (Wildman–Crippen MR) is 103 cm³/mol. The molecule has 0 saturated heterocycles. The molecule has 1 aliphatic rings. The van der Waals surface area contributed by atoms with Gasteiger partial charge in [0.2, 0.25) is 5.95 Å². The van der Waals surface area contributed by atoms with Crippen LogP contribution in [0.2, 0.25) is 0 Å². The van der Waals surface area contributed by atoms with E-state index in [1.807, 2.05) is 6.07 Å². The molecule has 7 nitrogen and oxygen atoms in total. The third-order valence-electron chi connectivity index (χ3n) is 5.10. The summed E-state index contributed by atoms with van der Waals surface area (Å²) in [7, 11) is 0. The van der Waals surface area contributed by atoms with Crippen molar-refractivity contribution in [3.05, 3.63) is 81.7 Å². The van der Waals surface area contributed by atoms with E-state index in [0.29, 0.717) is 11.9 Å². The topological polar surface area (TPSA) is 85.9 Å². The number of nitrogens with one attached hydrogen (secondary N) is 1. The number of hydrogen-bond acceptors (Lipinski definition) is 5. The van der Waals surface area contributed by atoms with Crippen LogP contribution in [0.25, 0.3) is 0 Å². The first-order valence-corrected chi connectivity index (χ1v) is 9.03. The van der Waals surface area contributed by atoms with Gasteiger partial charge in [0.05, 0.1) is 17.0 Å². The number of nitro groups is 1. The first kappa shape index (κ1) is 17.2. The zero-order valence-corrected chi connectivity index (χ0v) is 15.2. The average molecular weight is 363 g/mol. The maximum Gasteiger partial charge on any atom is 0.269 e. The van der Waals surface area contributed by atoms with Gasteiger partial charge in [0, 0.05) is 12.1 Å². The summed E-state index contributed by atoms with van der Waals surface area (Å²) in [6.07, 6.45) is 2.25. The van der Waals surface area contributed by atoms with Crippen LogP contribution in [0.15, 0.2) is 54.9 Å². The zero-order valence-electron chi connectivity index (χ0n) is 15.2. The standard InChI is InChI=1S/C20H21N5O2/c1-13(2)14-6-8-15(9-7-14)18-11-19(24-20(23-18)21-12-22-24)16-4-3-5-17(10-16)25(26)27/h3-10,12-13,18-19H,11H2,1-2H3,(H,21,22,23). The molecule has 2 aromatic carbocycles. The highest BCUT2D eigenvalue weighted by molar-refractivity contribution is 5.42. The van der Waals surface area contributed by atoms with Crippen LogP contribution in [0, 0.1) is 10.1 Å². The van der Waals surface area contributed by atoms with Crippen molar-refractivity contribution in [1.29, 1.82) is 0 Å². The largest absolute Gasteiger partial charge is 0.348 e. The van der Waals surface area contributed by atoms with Gasteiger partial charge in [-0.15, -0.1) is 0 Å². The Bertz CT molecular complexity index is 965. The Morgan fingerprint density at radius 1 is 1.19 bits per heavy atom. The molecule has 2 atom stereocenters. The maximum absolute atomic E-state index is 11.2. The molecule has 138 valence electrons. The number of benzene rings is 2. The van der Waals surface area contributed by atoms with Crippen LogP contribution >= 0.6 is 0 Å². The molecule has 7 heteroatoms. The quantitative estimate of drug-likeness (QED) is 0.546. The molecule has 0 radical (unpaired) electrons. The number of anilines is 1. The number of aromatic nitrogens is 3. The van der Waals surface area contributed by atoms with E-state index in [1.54, 1.807) is 16.8 Å². The van der Waals surface area contributed by atoms with E-state index < -0.39 is 0 Å². The molecular weight excluding hydrogens is 342 g/mol. The van der Waals surface area contributed by atoms with E-state index in [1.165, 1.54) is 23.5 Å². The maximum atomic E-state index is 11.2. The summed E-state index contributed by atoms with van der Waals surface area (Å²) in [5.74, 6) is 1.16. The third-order valence-corrected chi connectivity index (χ3v) is 5.10. The molecule has 27 heavy (non-hydrogen) atoms. The summed E-state index contributed by atoms with van der Waals surface area (Å²) in [4.78, 5) is 15.1. The number of rotatable bonds is 4. The van der Waals surface area contributed by atoms with Gasteiger partial charge in [0.15, 0.2) is 0 Å². The van der Waals surface area contributed by atoms with Crippen molar-refractivity contribution < 1.29 is 4.92 Å². The second kappa shape index (κ2) is 6.83. The minimum atomic E-state index is -0.366. The van der Waals surface area contributed by atoms with Gasteiger partial charge in [-0.2, -0.15) is 10.1 Å². The van der Waals surface area contributed by atoms with Crippen molar-refractivity contribution in [2.75, 3.05) is 5.32 Å². The van der Waals surface area contributed by atoms with Gasteiger partial charge in [-0.3, -0.25) is 10.1 Å². The third kappa shape index (κ3) is 3.28. The van der Waals surface area contributed by atoms with Gasteiger partial charge >= 0.3 is 0 Å². The molecule has 1 aromatic heterocycles. The molecule has 4 rings (SSSR count). The molecule has 1 N–H and O–H groups in total. The highest BCUT2D eigenvalue weighted by Gasteiger charge is 2.30. The van der Waals surface area contributed by atoms with Gasteiger partial charge in [0.25, 0.3) is 5.69 Å². The zero-order chi connectivity index (χ0) is 19.0. The highest BCUT2D eigenvalue weighted by Crippen LogP contribution is 2.38. The summed E-state index contributed by atoms with van der Waals surface area (Å²) in [6, 6.07) is 15.3. The normalized spacial score (nSPS) is 18.8. The van der Waals surface area contributed by atoms with Crippen molar-refractivity contribution in [1.82, 2.24) is 14.8 Å². The fraction of sp³-hybridized carbons (Fsp3) is 0.300. The predicted octanol–water partition coefficient (Wildman–Crippen LogP) is 4.46. The molecular formula is C20H21N5O2. The first-order chi connectivity index (χ1) is 13.0. The lowest BCUT2D eigenvalue weighted by Gasteiger charge is -2.31. The summed E-state index contributed by atoms with van der Waals surface area (Å²) in [6.45, 7) is 4.35. The molecule has 0 spiro atoms. The van der Waals surface area contributed by atoms with Crippen molar-refractivity contribution >= 4 is 11.6 Å². The van der Waals surface area contributed by atoms with Gasteiger partial charge in [0.1, 0.15) is 6.33 Å². The molecule has 2 unspecified atom stereocenters. The van der Waals surface area contributed by atoms with E-state index >= 15 is 0 Å². The summed E-state index contributed by atoms with van der Waals surface area (Å²) in [5, 5.41) is 18.9. The van der Waals surface area contributed by atoms with Crippen molar-refractivity contribution in [2.24, 2.45) is 0 Å². The molecule has 3 aromatic rings. The molecule has 0 bridgehead atoms. The van der Waals surface area contributed by atoms with Gasteiger partial charge in [-0.05, 0) is 29.0 Å². The minimum Gasteiger partial charge on any atom is -0.348 e. The van der Waals surface area contributed by atoms with Crippen LogP contribution in [0.1, 0.15) is 55.0 Å². The van der Waals surface area contributed by atoms with E-state index in [-0.39, 0.29) is 22.7 Å². The average Bonchev–Trinajstić information content (AvgIpc) is 3.16. The lowest BCUT2D eigenvalue weighted by molar-refractivity contribution is -0.384. The minimum absolute atomic E-state index is 0.0622. The van der Waals surface area contributed by atoms with Crippen molar-refractivity contribution in [3.63, 3.8) is 0 Å². The number of nitro benzene ring substituents is 1.